The third-order valence-electron chi connectivity index (χ3n) is 3.59. The Morgan fingerprint density at radius 1 is 1.05 bits per heavy atom. The summed E-state index contributed by atoms with van der Waals surface area (Å²) in [5.41, 5.74) is 5.42. The van der Waals surface area contributed by atoms with Gasteiger partial charge in [0.15, 0.2) is 0 Å². The Balaban J connectivity index is 2.65. The Morgan fingerprint density at radius 2 is 1.71 bits per heavy atom. The van der Waals surface area contributed by atoms with Crippen molar-refractivity contribution in [3.05, 3.63) is 61.0 Å². The van der Waals surface area contributed by atoms with E-state index in [1.807, 2.05) is 6.92 Å². The van der Waals surface area contributed by atoms with Gasteiger partial charge in [0.1, 0.15) is 5.75 Å². The summed E-state index contributed by atoms with van der Waals surface area (Å²) in [6, 6.07) is 8.27. The molecule has 0 aliphatic rings. The lowest BCUT2D eigenvalue weighted by molar-refractivity contribution is 0.406. The molecule has 0 bridgehead atoms. The summed E-state index contributed by atoms with van der Waals surface area (Å²) in [5.74, 6) is 0.850. The van der Waals surface area contributed by atoms with E-state index in [1.54, 1.807) is 7.11 Å². The lowest BCUT2D eigenvalue weighted by Crippen LogP contribution is -2.04. The number of ether oxygens (including phenoxy) is 1. The van der Waals surface area contributed by atoms with E-state index in [2.05, 4.69) is 70.0 Å². The van der Waals surface area contributed by atoms with Crippen molar-refractivity contribution in [3.63, 3.8) is 0 Å². The van der Waals surface area contributed by atoms with Gasteiger partial charge < -0.3 is 4.74 Å². The number of rotatable bonds is 3. The summed E-state index contributed by atoms with van der Waals surface area (Å²) < 4.78 is 7.66. The first-order chi connectivity index (χ1) is 9.86. The Kier molecular flexibility index (Phi) is 5.39. The van der Waals surface area contributed by atoms with Crippen LogP contribution in [-0.4, -0.2) is 7.11 Å². The maximum absolute atomic E-state index is 6.79. The summed E-state index contributed by atoms with van der Waals surface area (Å²) in [7, 11) is 1.69. The number of hydrogen-bond donors (Lipinski definition) is 0. The van der Waals surface area contributed by atoms with Gasteiger partial charge in [-0.05, 0) is 55.2 Å². The van der Waals surface area contributed by atoms with E-state index < -0.39 is 0 Å². The fourth-order valence-corrected chi connectivity index (χ4v) is 4.31. The molecular formula is C17H17Br2ClO. The molecule has 0 amide bonds. The van der Waals surface area contributed by atoms with Gasteiger partial charge in [0.25, 0.3) is 0 Å². The highest BCUT2D eigenvalue weighted by Crippen LogP contribution is 2.43. The zero-order valence-corrected chi connectivity index (χ0v) is 16.4. The van der Waals surface area contributed by atoms with E-state index in [0.717, 1.165) is 36.9 Å². The molecule has 0 fully saturated rings. The van der Waals surface area contributed by atoms with Crippen LogP contribution in [0.3, 0.4) is 0 Å². The van der Waals surface area contributed by atoms with Crippen LogP contribution in [0, 0.1) is 20.8 Å². The Hall–Kier alpha value is -0.510. The molecule has 1 nitrogen and oxygen atoms in total. The van der Waals surface area contributed by atoms with Gasteiger partial charge in [0.05, 0.1) is 12.5 Å². The predicted octanol–water partition coefficient (Wildman–Crippen LogP) is 6.47. The molecule has 112 valence electrons. The Bertz CT molecular complexity index is 683. The molecule has 0 N–H and O–H groups in total. The lowest BCUT2D eigenvalue weighted by atomic mass is 9.96. The third-order valence-corrected chi connectivity index (χ3v) is 5.56. The van der Waals surface area contributed by atoms with Crippen LogP contribution in [0.4, 0.5) is 0 Å². The molecule has 0 aliphatic carbocycles. The summed E-state index contributed by atoms with van der Waals surface area (Å²) in [4.78, 5) is 0. The molecule has 1 unspecified atom stereocenters. The second-order valence-corrected chi connectivity index (χ2v) is 7.28. The number of aryl methyl sites for hydroxylation is 2. The number of benzene rings is 2. The molecule has 0 heterocycles. The summed E-state index contributed by atoms with van der Waals surface area (Å²) in [6.45, 7) is 6.14. The van der Waals surface area contributed by atoms with Crippen LogP contribution in [-0.2, 0) is 0 Å². The average molecular weight is 433 g/mol. The summed E-state index contributed by atoms with van der Waals surface area (Å²) in [5, 5.41) is -0.272. The Morgan fingerprint density at radius 3 is 2.29 bits per heavy atom. The van der Waals surface area contributed by atoms with E-state index >= 15 is 0 Å². The first kappa shape index (κ1) is 16.9. The maximum Gasteiger partial charge on any atom is 0.127 e. The highest BCUT2D eigenvalue weighted by atomic mass is 79.9. The van der Waals surface area contributed by atoms with E-state index in [-0.39, 0.29) is 5.38 Å². The zero-order chi connectivity index (χ0) is 15.7. The van der Waals surface area contributed by atoms with Crippen LogP contribution in [0.2, 0.25) is 0 Å². The minimum atomic E-state index is -0.272. The topological polar surface area (TPSA) is 9.23 Å². The largest absolute Gasteiger partial charge is 0.496 e. The van der Waals surface area contributed by atoms with Crippen LogP contribution >= 0.6 is 43.5 Å². The van der Waals surface area contributed by atoms with E-state index in [1.165, 1.54) is 5.56 Å². The van der Waals surface area contributed by atoms with Crippen molar-refractivity contribution in [1.29, 1.82) is 0 Å². The van der Waals surface area contributed by atoms with Gasteiger partial charge in [0.2, 0.25) is 0 Å². The molecule has 0 spiro atoms. The molecule has 0 aromatic heterocycles. The van der Waals surface area contributed by atoms with Gasteiger partial charge in [-0.2, -0.15) is 0 Å². The van der Waals surface area contributed by atoms with Crippen LogP contribution in [0.5, 0.6) is 5.75 Å². The molecule has 21 heavy (non-hydrogen) atoms. The number of hydrogen-bond acceptors (Lipinski definition) is 1. The molecule has 2 aromatic rings. The van der Waals surface area contributed by atoms with Crippen molar-refractivity contribution in [2.75, 3.05) is 7.11 Å². The third kappa shape index (κ3) is 3.30. The first-order valence-electron chi connectivity index (χ1n) is 6.60. The van der Waals surface area contributed by atoms with Gasteiger partial charge in [-0.25, -0.2) is 0 Å². The highest BCUT2D eigenvalue weighted by molar-refractivity contribution is 9.10. The molecule has 2 rings (SSSR count). The molecule has 0 aliphatic heterocycles. The quantitative estimate of drug-likeness (QED) is 0.505. The minimum Gasteiger partial charge on any atom is -0.496 e. The van der Waals surface area contributed by atoms with Gasteiger partial charge >= 0.3 is 0 Å². The second kappa shape index (κ2) is 6.72. The van der Waals surface area contributed by atoms with E-state index in [4.69, 9.17) is 16.3 Å². The van der Waals surface area contributed by atoms with Crippen molar-refractivity contribution in [1.82, 2.24) is 0 Å². The monoisotopic (exact) mass is 430 g/mol. The molecule has 0 radical (unpaired) electrons. The predicted molar refractivity (Wildman–Crippen MR) is 96.7 cm³/mol. The van der Waals surface area contributed by atoms with Gasteiger partial charge in [0, 0.05) is 14.5 Å². The molecule has 2 aromatic carbocycles. The minimum absolute atomic E-state index is 0.272. The van der Waals surface area contributed by atoms with Crippen LogP contribution in [0.25, 0.3) is 0 Å². The fraction of sp³-hybridized carbons (Fsp3) is 0.294. The van der Waals surface area contributed by atoms with Crippen molar-refractivity contribution >= 4 is 43.5 Å². The molecule has 0 saturated heterocycles. The van der Waals surface area contributed by atoms with Crippen LogP contribution in [0.1, 0.15) is 33.2 Å². The van der Waals surface area contributed by atoms with E-state index in [0.29, 0.717) is 0 Å². The molecule has 1 atom stereocenters. The van der Waals surface area contributed by atoms with Crippen molar-refractivity contribution in [3.8, 4) is 5.75 Å². The van der Waals surface area contributed by atoms with E-state index in [9.17, 15) is 0 Å². The van der Waals surface area contributed by atoms with Crippen molar-refractivity contribution < 1.29 is 4.74 Å². The van der Waals surface area contributed by atoms with Crippen LogP contribution in [0.15, 0.2) is 33.2 Å². The summed E-state index contributed by atoms with van der Waals surface area (Å²) in [6.07, 6.45) is 0. The first-order valence-corrected chi connectivity index (χ1v) is 8.62. The molecular weight excluding hydrogens is 415 g/mol. The van der Waals surface area contributed by atoms with Crippen molar-refractivity contribution in [2.45, 2.75) is 26.1 Å². The lowest BCUT2D eigenvalue weighted by Gasteiger charge is -2.21. The van der Waals surface area contributed by atoms with Crippen LogP contribution < -0.4 is 4.74 Å². The zero-order valence-electron chi connectivity index (χ0n) is 12.4. The normalized spacial score (nSPS) is 12.3. The smallest absolute Gasteiger partial charge is 0.127 e. The van der Waals surface area contributed by atoms with Crippen molar-refractivity contribution in [2.24, 2.45) is 0 Å². The number of alkyl halides is 1. The van der Waals surface area contributed by atoms with Gasteiger partial charge in [-0.15, -0.1) is 11.6 Å². The highest BCUT2D eigenvalue weighted by Gasteiger charge is 2.23. The van der Waals surface area contributed by atoms with Gasteiger partial charge in [-0.1, -0.05) is 44.0 Å². The number of halogens is 3. The number of methoxy groups -OCH3 is 1. The maximum atomic E-state index is 6.79. The standard InChI is InChI=1S/C17H17Br2ClO/c1-9-5-6-12(14(19)7-9)16(20)15-11(3)13(18)8-10(2)17(15)21-4/h5-8,16H,1-4H3. The SMILES string of the molecule is COc1c(C)cc(Br)c(C)c1C(Cl)c1ccc(C)cc1Br. The fourth-order valence-electron chi connectivity index (χ4n) is 2.44. The average Bonchev–Trinajstić information content (AvgIpc) is 2.41. The second-order valence-electron chi connectivity index (χ2n) is 5.13. The summed E-state index contributed by atoms with van der Waals surface area (Å²) >= 11 is 14.0. The van der Waals surface area contributed by atoms with Gasteiger partial charge in [-0.3, -0.25) is 0 Å². The Labute approximate surface area is 147 Å². The molecule has 0 saturated carbocycles. The molecule has 4 heteroatoms.